The fraction of sp³-hybridized carbons (Fsp3) is 0.730. The number of hydrogen-bond acceptors (Lipinski definition) is 14. The average molecular weight is 784 g/mol. The van der Waals surface area contributed by atoms with Crippen molar-refractivity contribution >= 4 is 37.6 Å². The number of rotatable bonds is 30. The number of nitrogens with one attached hydrogen (secondary N) is 2. The van der Waals surface area contributed by atoms with Crippen molar-refractivity contribution < 1.29 is 61.5 Å². The summed E-state index contributed by atoms with van der Waals surface area (Å²) in [5.74, 6) is -2.16. The monoisotopic (exact) mass is 783 g/mol. The van der Waals surface area contributed by atoms with Gasteiger partial charge < -0.3 is 47.6 Å². The van der Waals surface area contributed by atoms with Crippen molar-refractivity contribution in [3.8, 4) is 0 Å². The quantitative estimate of drug-likeness (QED) is 0.0661. The third-order valence-electron chi connectivity index (χ3n) is 9.13. The molecule has 4 amide bonds. The number of imide groups is 2. The van der Waals surface area contributed by atoms with Crippen LogP contribution in [0.5, 0.6) is 0 Å². The predicted molar refractivity (Wildman–Crippen MR) is 201 cm³/mol. The van der Waals surface area contributed by atoms with Crippen LogP contribution in [0, 0.1) is 0 Å². The van der Waals surface area contributed by atoms with E-state index in [0.29, 0.717) is 125 Å². The van der Waals surface area contributed by atoms with Crippen LogP contribution in [0.15, 0.2) is 18.2 Å². The van der Waals surface area contributed by atoms with Gasteiger partial charge in [0.15, 0.2) is 8.32 Å². The molecule has 54 heavy (non-hydrogen) atoms. The van der Waals surface area contributed by atoms with E-state index in [-0.39, 0.29) is 29.0 Å². The Morgan fingerprint density at radius 1 is 0.667 bits per heavy atom. The summed E-state index contributed by atoms with van der Waals surface area (Å²) in [5, 5.41) is 5.54. The second kappa shape index (κ2) is 24.6. The first-order valence-electron chi connectivity index (χ1n) is 18.8. The molecule has 1 aromatic carbocycles. The number of fused-ring (bicyclic) bond motifs is 1. The number of ether oxygens (including phenoxy) is 8. The molecule has 2 aliphatic rings. The lowest BCUT2D eigenvalue weighted by Gasteiger charge is -2.36. The van der Waals surface area contributed by atoms with Gasteiger partial charge in [0.05, 0.1) is 123 Å². The highest BCUT2D eigenvalue weighted by Gasteiger charge is 2.45. The van der Waals surface area contributed by atoms with Gasteiger partial charge in [0.25, 0.3) is 11.8 Å². The van der Waals surface area contributed by atoms with Crippen LogP contribution in [-0.2, 0) is 51.9 Å². The number of amides is 4. The lowest BCUT2D eigenvalue weighted by Crippen LogP contribution is -2.54. The van der Waals surface area contributed by atoms with Crippen molar-refractivity contribution in [2.45, 2.75) is 57.8 Å². The van der Waals surface area contributed by atoms with Crippen molar-refractivity contribution in [1.82, 2.24) is 10.2 Å². The van der Waals surface area contributed by atoms with Crippen LogP contribution in [0.3, 0.4) is 0 Å². The Hall–Kier alpha value is -2.84. The van der Waals surface area contributed by atoms with Crippen LogP contribution in [0.1, 0.15) is 54.3 Å². The number of nitrogens with zero attached hydrogens (tertiary/aromatic N) is 1. The maximum atomic E-state index is 13.2. The molecule has 17 heteroatoms. The van der Waals surface area contributed by atoms with Crippen LogP contribution in [0.2, 0.25) is 18.1 Å². The van der Waals surface area contributed by atoms with Gasteiger partial charge in [-0.2, -0.15) is 0 Å². The second-order valence-corrected chi connectivity index (χ2v) is 18.9. The van der Waals surface area contributed by atoms with Gasteiger partial charge in [-0.25, -0.2) is 0 Å². The fourth-order valence-electron chi connectivity index (χ4n) is 5.13. The molecule has 0 radical (unpaired) electrons. The van der Waals surface area contributed by atoms with Crippen molar-refractivity contribution in [2.24, 2.45) is 0 Å². The van der Waals surface area contributed by atoms with E-state index < -0.39 is 38.0 Å². The summed E-state index contributed by atoms with van der Waals surface area (Å²) in [4.78, 5) is 50.9. The van der Waals surface area contributed by atoms with Crippen LogP contribution >= 0.6 is 0 Å². The average Bonchev–Trinajstić information content (AvgIpc) is 3.38. The molecule has 0 saturated carbocycles. The van der Waals surface area contributed by atoms with Gasteiger partial charge in [-0.05, 0) is 36.7 Å². The van der Waals surface area contributed by atoms with E-state index in [1.165, 1.54) is 0 Å². The van der Waals surface area contributed by atoms with E-state index in [0.717, 1.165) is 4.90 Å². The van der Waals surface area contributed by atoms with E-state index in [2.05, 4.69) is 44.5 Å². The summed E-state index contributed by atoms with van der Waals surface area (Å²) >= 11 is 0. The number of piperidine rings is 1. The molecule has 1 saturated heterocycles. The molecular weight excluding hydrogens is 723 g/mol. The molecule has 3 rings (SSSR count). The minimum atomic E-state index is -1.72. The Kier molecular flexibility index (Phi) is 20.8. The summed E-state index contributed by atoms with van der Waals surface area (Å²) in [7, 11) is -1.72. The maximum absolute atomic E-state index is 13.2. The maximum Gasteiger partial charge on any atom is 0.264 e. The SMILES string of the molecule is CC(C)(C)[Si](C)(C)OCCOCCOCCOCCOCCOCCOCCOCCOCCNc1cccc2c1C(=O)N(C1CCC(=O)NC1=O)C2=O. The Morgan fingerprint density at radius 2 is 1.11 bits per heavy atom. The smallest absolute Gasteiger partial charge is 0.264 e. The van der Waals surface area contributed by atoms with Crippen LogP contribution in [0.25, 0.3) is 0 Å². The third kappa shape index (κ3) is 15.7. The minimum absolute atomic E-state index is 0.0676. The molecule has 1 aromatic rings. The van der Waals surface area contributed by atoms with Crippen LogP contribution in [-0.4, -0.2) is 162 Å². The molecule has 1 unspecified atom stereocenters. The molecule has 2 aliphatic heterocycles. The van der Waals surface area contributed by atoms with E-state index in [9.17, 15) is 19.2 Å². The number of hydrogen-bond donors (Lipinski definition) is 2. The highest BCUT2D eigenvalue weighted by atomic mass is 28.4. The lowest BCUT2D eigenvalue weighted by atomic mass is 10.0. The lowest BCUT2D eigenvalue weighted by molar-refractivity contribution is -0.136. The third-order valence-corrected chi connectivity index (χ3v) is 13.7. The summed E-state index contributed by atoms with van der Waals surface area (Å²) in [6.07, 6.45) is 0.173. The van der Waals surface area contributed by atoms with Gasteiger partial charge in [-0.3, -0.25) is 29.4 Å². The summed E-state index contributed by atoms with van der Waals surface area (Å²) in [5.41, 5.74) is 0.915. The first kappa shape index (κ1) is 45.5. The molecule has 306 valence electrons. The van der Waals surface area contributed by atoms with Gasteiger partial charge >= 0.3 is 0 Å². The first-order valence-corrected chi connectivity index (χ1v) is 21.7. The van der Waals surface area contributed by atoms with Gasteiger partial charge in [-0.1, -0.05) is 26.8 Å². The number of carbonyl (C=O) groups excluding carboxylic acids is 4. The van der Waals surface area contributed by atoms with Crippen molar-refractivity contribution in [1.29, 1.82) is 0 Å². The molecule has 2 N–H and O–H groups in total. The van der Waals surface area contributed by atoms with E-state index in [1.54, 1.807) is 18.2 Å². The van der Waals surface area contributed by atoms with Crippen LogP contribution in [0.4, 0.5) is 5.69 Å². The topological polar surface area (TPSA) is 179 Å². The number of anilines is 1. The summed E-state index contributed by atoms with van der Waals surface area (Å²) in [6.45, 7) is 19.6. The second-order valence-electron chi connectivity index (χ2n) is 14.1. The molecule has 1 atom stereocenters. The standard InChI is InChI=1S/C37H61N3O13Si/c1-37(2,3)54(4,5)53-28-27-52-26-25-51-24-23-50-22-21-49-20-19-48-18-17-47-16-15-46-14-13-45-12-11-38-30-8-6-7-29-33(30)36(44)40(35(29)43)31-9-10-32(41)39-34(31)42/h6-8,31,38H,9-28H2,1-5H3,(H,39,41,42). The fourth-order valence-corrected chi connectivity index (χ4v) is 6.16. The Balaban J connectivity index is 1.04. The van der Waals surface area contributed by atoms with Crippen molar-refractivity contribution in [3.05, 3.63) is 29.3 Å². The number of carbonyl (C=O) groups is 4. The molecule has 0 spiro atoms. The normalized spacial score (nSPS) is 16.3. The highest BCUT2D eigenvalue weighted by molar-refractivity contribution is 6.74. The van der Waals surface area contributed by atoms with E-state index in [4.69, 9.17) is 42.3 Å². The molecular formula is C37H61N3O13Si. The number of benzene rings is 1. The van der Waals surface area contributed by atoms with Crippen molar-refractivity contribution in [2.75, 3.05) is 124 Å². The van der Waals surface area contributed by atoms with E-state index in [1.807, 2.05) is 0 Å². The van der Waals surface area contributed by atoms with Crippen LogP contribution < -0.4 is 10.6 Å². The Bertz CT molecular complexity index is 1310. The van der Waals surface area contributed by atoms with E-state index >= 15 is 0 Å². The Labute approximate surface area is 320 Å². The zero-order valence-electron chi connectivity index (χ0n) is 32.7. The highest BCUT2D eigenvalue weighted by Crippen LogP contribution is 2.36. The molecule has 0 bridgehead atoms. The molecule has 0 aromatic heterocycles. The largest absolute Gasteiger partial charge is 0.414 e. The zero-order chi connectivity index (χ0) is 39.2. The van der Waals surface area contributed by atoms with Gasteiger partial charge in [0.2, 0.25) is 11.8 Å². The van der Waals surface area contributed by atoms with Gasteiger partial charge in [0, 0.05) is 18.7 Å². The van der Waals surface area contributed by atoms with Crippen molar-refractivity contribution in [3.63, 3.8) is 0 Å². The summed E-state index contributed by atoms with van der Waals surface area (Å²) < 4.78 is 50.3. The molecule has 0 aliphatic carbocycles. The zero-order valence-corrected chi connectivity index (χ0v) is 33.7. The molecule has 2 heterocycles. The molecule has 1 fully saturated rings. The molecule has 16 nitrogen and oxygen atoms in total. The predicted octanol–water partition coefficient (Wildman–Crippen LogP) is 2.65. The Morgan fingerprint density at radius 3 is 1.56 bits per heavy atom. The summed E-state index contributed by atoms with van der Waals surface area (Å²) in [6, 6.07) is 3.91. The minimum Gasteiger partial charge on any atom is -0.414 e. The first-order chi connectivity index (χ1) is 25.9. The van der Waals surface area contributed by atoms with Gasteiger partial charge in [0.1, 0.15) is 6.04 Å². The van der Waals surface area contributed by atoms with Gasteiger partial charge in [-0.15, -0.1) is 0 Å².